The largest absolute Gasteiger partial charge is 0.481 e. The molecule has 0 saturated carbocycles. The molecule has 0 aliphatic heterocycles. The van der Waals surface area contributed by atoms with Crippen LogP contribution in [0.25, 0.3) is 0 Å². The van der Waals surface area contributed by atoms with Gasteiger partial charge in [0.25, 0.3) is 5.91 Å². The second-order valence-corrected chi connectivity index (χ2v) is 3.49. The van der Waals surface area contributed by atoms with E-state index in [9.17, 15) is 9.59 Å². The van der Waals surface area contributed by atoms with Gasteiger partial charge < -0.3 is 10.4 Å². The lowest BCUT2D eigenvalue weighted by Gasteiger charge is -2.09. The Labute approximate surface area is 92.7 Å². The van der Waals surface area contributed by atoms with Crippen molar-refractivity contribution in [2.75, 3.05) is 6.54 Å². The van der Waals surface area contributed by atoms with Gasteiger partial charge in [-0.3, -0.25) is 9.59 Å². The second kappa shape index (κ2) is 5.79. The van der Waals surface area contributed by atoms with Crippen LogP contribution in [0, 0.1) is 5.92 Å². The Morgan fingerprint density at radius 2 is 2.06 bits per heavy atom. The fourth-order valence-corrected chi connectivity index (χ4v) is 1.13. The molecule has 1 atom stereocenters. The molecule has 0 fully saturated rings. The van der Waals surface area contributed by atoms with Crippen LogP contribution in [0.1, 0.15) is 24.0 Å². The fourth-order valence-electron chi connectivity index (χ4n) is 1.13. The van der Waals surface area contributed by atoms with Gasteiger partial charge in [0.05, 0.1) is 0 Å². The third kappa shape index (κ3) is 4.04. The van der Waals surface area contributed by atoms with Crippen LogP contribution in [0.4, 0.5) is 0 Å². The van der Waals surface area contributed by atoms with Gasteiger partial charge in [0, 0.05) is 25.4 Å². The average molecular weight is 223 g/mol. The summed E-state index contributed by atoms with van der Waals surface area (Å²) in [4.78, 5) is 29.4. The predicted molar refractivity (Wildman–Crippen MR) is 55.8 cm³/mol. The van der Waals surface area contributed by atoms with E-state index in [1.165, 1.54) is 12.4 Å². The Hall–Kier alpha value is -1.98. The summed E-state index contributed by atoms with van der Waals surface area (Å²) in [5.74, 6) is -1.30. The maximum absolute atomic E-state index is 11.5. The summed E-state index contributed by atoms with van der Waals surface area (Å²) in [5.41, 5.74) is 0. The zero-order valence-corrected chi connectivity index (χ0v) is 8.88. The highest BCUT2D eigenvalue weighted by molar-refractivity contribution is 5.90. The Morgan fingerprint density at radius 1 is 1.44 bits per heavy atom. The number of nitrogens with one attached hydrogen (secondary N) is 1. The number of carboxylic acids is 1. The van der Waals surface area contributed by atoms with E-state index in [-0.39, 0.29) is 18.2 Å². The van der Waals surface area contributed by atoms with Crippen LogP contribution in [-0.4, -0.2) is 33.5 Å². The summed E-state index contributed by atoms with van der Waals surface area (Å²) in [6, 6.07) is 1.61. The van der Waals surface area contributed by atoms with Crippen LogP contribution in [-0.2, 0) is 4.79 Å². The van der Waals surface area contributed by atoms with E-state index in [2.05, 4.69) is 15.3 Å². The van der Waals surface area contributed by atoms with Crippen molar-refractivity contribution in [2.45, 2.75) is 13.3 Å². The van der Waals surface area contributed by atoms with Crippen LogP contribution >= 0.6 is 0 Å². The van der Waals surface area contributed by atoms with Crippen LogP contribution in [0.3, 0.4) is 0 Å². The first-order valence-corrected chi connectivity index (χ1v) is 4.86. The third-order valence-electron chi connectivity index (χ3n) is 1.90. The number of hydrogen-bond donors (Lipinski definition) is 2. The van der Waals surface area contributed by atoms with Gasteiger partial charge in [0.2, 0.25) is 5.82 Å². The van der Waals surface area contributed by atoms with Crippen molar-refractivity contribution in [3.05, 3.63) is 24.3 Å². The van der Waals surface area contributed by atoms with Crippen molar-refractivity contribution in [1.29, 1.82) is 0 Å². The SMILES string of the molecule is CC(CNC(=O)c1ncccn1)CC(=O)O. The molecule has 6 heteroatoms. The summed E-state index contributed by atoms with van der Waals surface area (Å²) in [6.45, 7) is 2.05. The van der Waals surface area contributed by atoms with E-state index < -0.39 is 11.9 Å². The molecule has 2 N–H and O–H groups in total. The van der Waals surface area contributed by atoms with Crippen LogP contribution in [0.15, 0.2) is 18.5 Å². The molecule has 1 unspecified atom stereocenters. The second-order valence-electron chi connectivity index (χ2n) is 3.49. The number of amides is 1. The molecule has 0 aromatic carbocycles. The predicted octanol–water partition coefficient (Wildman–Crippen LogP) is 0.317. The molecule has 1 aromatic rings. The summed E-state index contributed by atoms with van der Waals surface area (Å²) in [7, 11) is 0. The Bertz CT molecular complexity index is 367. The van der Waals surface area contributed by atoms with Crippen LogP contribution in [0.2, 0.25) is 0 Å². The van der Waals surface area contributed by atoms with E-state index in [1.807, 2.05) is 0 Å². The standard InChI is InChI=1S/C10H13N3O3/c1-7(5-8(14)15)6-13-10(16)9-11-3-2-4-12-9/h2-4,7H,5-6H2,1H3,(H,13,16)(H,14,15). The number of rotatable bonds is 5. The lowest BCUT2D eigenvalue weighted by Crippen LogP contribution is -2.30. The van der Waals surface area contributed by atoms with Crippen molar-refractivity contribution in [3.63, 3.8) is 0 Å². The molecule has 16 heavy (non-hydrogen) atoms. The molecule has 1 amide bonds. The first kappa shape index (κ1) is 12.1. The van der Waals surface area contributed by atoms with E-state index in [0.29, 0.717) is 6.54 Å². The maximum atomic E-state index is 11.5. The van der Waals surface area contributed by atoms with Gasteiger partial charge in [-0.2, -0.15) is 0 Å². The van der Waals surface area contributed by atoms with Crippen molar-refractivity contribution in [2.24, 2.45) is 5.92 Å². The van der Waals surface area contributed by atoms with Crippen molar-refractivity contribution in [1.82, 2.24) is 15.3 Å². The Kier molecular flexibility index (Phi) is 4.38. The molecule has 0 aliphatic rings. The maximum Gasteiger partial charge on any atom is 0.303 e. The van der Waals surface area contributed by atoms with E-state index >= 15 is 0 Å². The molecule has 1 rings (SSSR count). The van der Waals surface area contributed by atoms with Gasteiger partial charge in [-0.05, 0) is 12.0 Å². The summed E-state index contributed by atoms with van der Waals surface area (Å²) in [5, 5.41) is 11.1. The van der Waals surface area contributed by atoms with Gasteiger partial charge in [-0.25, -0.2) is 9.97 Å². The molecule has 0 spiro atoms. The molecular weight excluding hydrogens is 210 g/mol. The van der Waals surface area contributed by atoms with Gasteiger partial charge in [0.1, 0.15) is 0 Å². The minimum Gasteiger partial charge on any atom is -0.481 e. The van der Waals surface area contributed by atoms with Crippen molar-refractivity contribution < 1.29 is 14.7 Å². The Balaban J connectivity index is 2.39. The average Bonchev–Trinajstić information content (AvgIpc) is 2.26. The molecular formula is C10H13N3O3. The molecule has 0 radical (unpaired) electrons. The smallest absolute Gasteiger partial charge is 0.303 e. The van der Waals surface area contributed by atoms with Gasteiger partial charge in [-0.1, -0.05) is 6.92 Å². The molecule has 0 saturated heterocycles. The molecule has 1 aromatic heterocycles. The molecule has 0 bridgehead atoms. The highest BCUT2D eigenvalue weighted by Crippen LogP contribution is 1.99. The molecule has 86 valence electrons. The van der Waals surface area contributed by atoms with E-state index in [0.717, 1.165) is 0 Å². The summed E-state index contributed by atoms with van der Waals surface area (Å²) < 4.78 is 0. The minimum absolute atomic E-state index is 0.0237. The van der Waals surface area contributed by atoms with Crippen molar-refractivity contribution >= 4 is 11.9 Å². The van der Waals surface area contributed by atoms with E-state index in [1.54, 1.807) is 13.0 Å². The number of carboxylic acid groups (broad SMARTS) is 1. The number of carbonyl (C=O) groups excluding carboxylic acids is 1. The number of hydrogen-bond acceptors (Lipinski definition) is 4. The number of nitrogens with zero attached hydrogens (tertiary/aromatic N) is 2. The zero-order valence-electron chi connectivity index (χ0n) is 8.88. The normalized spacial score (nSPS) is 11.8. The summed E-state index contributed by atoms with van der Waals surface area (Å²) >= 11 is 0. The molecule has 0 aliphatic carbocycles. The van der Waals surface area contributed by atoms with Gasteiger partial charge >= 0.3 is 5.97 Å². The highest BCUT2D eigenvalue weighted by Gasteiger charge is 2.11. The number of carbonyl (C=O) groups is 2. The topological polar surface area (TPSA) is 92.2 Å². The molecule has 6 nitrogen and oxygen atoms in total. The lowest BCUT2D eigenvalue weighted by molar-refractivity contribution is -0.137. The van der Waals surface area contributed by atoms with Gasteiger partial charge in [0.15, 0.2) is 0 Å². The first-order valence-electron chi connectivity index (χ1n) is 4.86. The summed E-state index contributed by atoms with van der Waals surface area (Å²) in [6.07, 6.45) is 2.97. The molecule has 1 heterocycles. The van der Waals surface area contributed by atoms with Gasteiger partial charge in [-0.15, -0.1) is 0 Å². The quantitative estimate of drug-likeness (QED) is 0.749. The monoisotopic (exact) mass is 223 g/mol. The van der Waals surface area contributed by atoms with E-state index in [4.69, 9.17) is 5.11 Å². The van der Waals surface area contributed by atoms with Crippen LogP contribution in [0.5, 0.6) is 0 Å². The first-order chi connectivity index (χ1) is 7.59. The fraction of sp³-hybridized carbons (Fsp3) is 0.400. The van der Waals surface area contributed by atoms with Crippen LogP contribution < -0.4 is 5.32 Å². The lowest BCUT2D eigenvalue weighted by atomic mass is 10.1. The number of aliphatic carboxylic acids is 1. The zero-order chi connectivity index (χ0) is 12.0. The number of aromatic nitrogens is 2. The minimum atomic E-state index is -0.877. The highest BCUT2D eigenvalue weighted by atomic mass is 16.4. The Morgan fingerprint density at radius 3 is 2.62 bits per heavy atom. The third-order valence-corrected chi connectivity index (χ3v) is 1.90. The van der Waals surface area contributed by atoms with Crippen molar-refractivity contribution in [3.8, 4) is 0 Å².